The summed E-state index contributed by atoms with van der Waals surface area (Å²) in [5.74, 6) is -1.68. The number of fused-ring (bicyclic) bond motifs is 1. The number of ether oxygens (including phenoxy) is 1. The van der Waals surface area contributed by atoms with Crippen molar-refractivity contribution in [1.29, 1.82) is 0 Å². The van der Waals surface area contributed by atoms with Gasteiger partial charge in [-0.15, -0.1) is 0 Å². The minimum absolute atomic E-state index is 0.177. The van der Waals surface area contributed by atoms with Crippen LogP contribution in [0.1, 0.15) is 33.1 Å². The van der Waals surface area contributed by atoms with Crippen LogP contribution in [-0.2, 0) is 4.74 Å². The Hall–Kier alpha value is -0.290. The lowest BCUT2D eigenvalue weighted by atomic mass is 9.63. The van der Waals surface area contributed by atoms with Crippen molar-refractivity contribution in [3.05, 3.63) is 0 Å². The quantitative estimate of drug-likeness (QED) is 0.861. The van der Waals surface area contributed by atoms with E-state index in [1.165, 1.54) is 6.92 Å². The number of hydrogen-bond donors (Lipinski definition) is 1. The third-order valence-corrected chi connectivity index (χ3v) is 4.75. The average Bonchev–Trinajstić information content (AvgIpc) is 2.35. The van der Waals surface area contributed by atoms with E-state index in [2.05, 4.69) is 0 Å². The maximum absolute atomic E-state index is 14.4. The van der Waals surface area contributed by atoms with Crippen LogP contribution in [0.3, 0.4) is 0 Å². The van der Waals surface area contributed by atoms with E-state index in [-0.39, 0.29) is 5.92 Å². The van der Waals surface area contributed by atoms with Gasteiger partial charge in [0, 0.05) is 18.4 Å². The van der Waals surface area contributed by atoms with Gasteiger partial charge in [0.15, 0.2) is 6.17 Å². The molecule has 2 rings (SSSR count). The molecule has 2 nitrogen and oxygen atoms in total. The fourth-order valence-corrected chi connectivity index (χ4v) is 3.74. The van der Waals surface area contributed by atoms with Crippen molar-refractivity contribution in [3.8, 4) is 0 Å². The molecular weight excluding hydrogens is 257 g/mol. The highest BCUT2D eigenvalue weighted by Crippen LogP contribution is 2.47. The van der Waals surface area contributed by atoms with Crippen molar-refractivity contribution >= 4 is 0 Å². The molecule has 0 spiro atoms. The fraction of sp³-hybridized carbons (Fsp3) is 1.00. The molecule has 8 atom stereocenters. The van der Waals surface area contributed by atoms with E-state index in [0.29, 0.717) is 25.9 Å². The summed E-state index contributed by atoms with van der Waals surface area (Å²) < 4.78 is 47.8. The summed E-state index contributed by atoms with van der Waals surface area (Å²) in [4.78, 5) is 0. The zero-order chi connectivity index (χ0) is 14.2. The van der Waals surface area contributed by atoms with E-state index in [1.54, 1.807) is 6.92 Å². The zero-order valence-electron chi connectivity index (χ0n) is 11.4. The van der Waals surface area contributed by atoms with Crippen LogP contribution < -0.4 is 0 Å². The highest BCUT2D eigenvalue weighted by molar-refractivity contribution is 5.01. The van der Waals surface area contributed by atoms with E-state index < -0.39 is 42.6 Å². The van der Waals surface area contributed by atoms with Crippen molar-refractivity contribution in [1.82, 2.24) is 0 Å². The maximum atomic E-state index is 14.4. The van der Waals surface area contributed by atoms with Gasteiger partial charge in [-0.2, -0.15) is 0 Å². The van der Waals surface area contributed by atoms with Gasteiger partial charge in [-0.1, -0.05) is 0 Å². The standard InChI is InChI=1S/C14H23F3O2/c1-3-19-10-6-8-4-5-9(7(2)18)12(15)11(8)14(17)13(10)16/h7-14,18H,3-6H2,1-2H3. The van der Waals surface area contributed by atoms with E-state index in [4.69, 9.17) is 4.74 Å². The van der Waals surface area contributed by atoms with Crippen molar-refractivity contribution in [2.45, 2.75) is 63.8 Å². The Bertz CT molecular complexity index is 298. The Labute approximate surface area is 112 Å². The molecule has 0 aliphatic heterocycles. The van der Waals surface area contributed by atoms with E-state index in [9.17, 15) is 18.3 Å². The van der Waals surface area contributed by atoms with E-state index in [1.807, 2.05) is 0 Å². The average molecular weight is 280 g/mol. The molecule has 0 saturated heterocycles. The van der Waals surface area contributed by atoms with Crippen molar-refractivity contribution in [2.75, 3.05) is 6.61 Å². The van der Waals surface area contributed by atoms with E-state index in [0.717, 1.165) is 0 Å². The first kappa shape index (κ1) is 15.1. The third-order valence-electron chi connectivity index (χ3n) is 4.75. The molecule has 112 valence electrons. The Morgan fingerprint density at radius 1 is 1.16 bits per heavy atom. The molecule has 0 amide bonds. The minimum Gasteiger partial charge on any atom is -0.393 e. The van der Waals surface area contributed by atoms with Gasteiger partial charge >= 0.3 is 0 Å². The predicted molar refractivity (Wildman–Crippen MR) is 66.1 cm³/mol. The summed E-state index contributed by atoms with van der Waals surface area (Å²) in [5, 5.41) is 9.55. The second kappa shape index (κ2) is 6.00. The first-order chi connectivity index (χ1) is 8.97. The molecule has 0 aromatic heterocycles. The van der Waals surface area contributed by atoms with Crippen LogP contribution in [0.2, 0.25) is 0 Å². The van der Waals surface area contributed by atoms with Crippen LogP contribution >= 0.6 is 0 Å². The van der Waals surface area contributed by atoms with Crippen molar-refractivity contribution < 1.29 is 23.0 Å². The summed E-state index contributed by atoms with van der Waals surface area (Å²) in [6.07, 6.45) is -5.07. The predicted octanol–water partition coefficient (Wildman–Crippen LogP) is 2.83. The molecule has 0 bridgehead atoms. The molecule has 0 aromatic carbocycles. The van der Waals surface area contributed by atoms with Gasteiger partial charge in [0.25, 0.3) is 0 Å². The van der Waals surface area contributed by atoms with Crippen LogP contribution in [-0.4, -0.2) is 42.4 Å². The van der Waals surface area contributed by atoms with Gasteiger partial charge in [0.1, 0.15) is 12.3 Å². The summed E-state index contributed by atoms with van der Waals surface area (Å²) >= 11 is 0. The van der Waals surface area contributed by atoms with Crippen molar-refractivity contribution in [3.63, 3.8) is 0 Å². The minimum atomic E-state index is -1.83. The Kier molecular flexibility index (Phi) is 4.77. The molecule has 5 heteroatoms. The van der Waals surface area contributed by atoms with Gasteiger partial charge in [-0.05, 0) is 39.0 Å². The van der Waals surface area contributed by atoms with Crippen LogP contribution in [0.15, 0.2) is 0 Å². The smallest absolute Gasteiger partial charge is 0.157 e. The molecule has 19 heavy (non-hydrogen) atoms. The molecule has 0 aromatic rings. The highest BCUT2D eigenvalue weighted by atomic mass is 19.2. The fourth-order valence-electron chi connectivity index (χ4n) is 3.74. The van der Waals surface area contributed by atoms with Crippen LogP contribution in [0, 0.1) is 17.8 Å². The second-order valence-electron chi connectivity index (χ2n) is 5.88. The largest absolute Gasteiger partial charge is 0.393 e. The number of aliphatic hydroxyl groups excluding tert-OH is 1. The van der Waals surface area contributed by atoms with Crippen molar-refractivity contribution in [2.24, 2.45) is 17.8 Å². The van der Waals surface area contributed by atoms with E-state index >= 15 is 0 Å². The maximum Gasteiger partial charge on any atom is 0.157 e. The van der Waals surface area contributed by atoms with Gasteiger partial charge in [0.2, 0.25) is 0 Å². The summed E-state index contributed by atoms with van der Waals surface area (Å²) in [6, 6.07) is 0. The number of aliphatic hydroxyl groups is 1. The van der Waals surface area contributed by atoms with Crippen LogP contribution in [0.5, 0.6) is 0 Å². The molecule has 2 saturated carbocycles. The van der Waals surface area contributed by atoms with Crippen LogP contribution in [0.25, 0.3) is 0 Å². The molecule has 8 unspecified atom stereocenters. The second-order valence-corrected chi connectivity index (χ2v) is 5.88. The number of halogens is 3. The summed E-state index contributed by atoms with van der Waals surface area (Å²) in [6.45, 7) is 3.60. The van der Waals surface area contributed by atoms with Gasteiger partial charge in [0.05, 0.1) is 12.2 Å². The normalized spacial score (nSPS) is 48.6. The Morgan fingerprint density at radius 2 is 1.84 bits per heavy atom. The summed E-state index contributed by atoms with van der Waals surface area (Å²) in [5.41, 5.74) is 0. The molecule has 2 fully saturated rings. The first-order valence-electron chi connectivity index (χ1n) is 7.19. The lowest BCUT2D eigenvalue weighted by Gasteiger charge is -2.47. The third kappa shape index (κ3) is 2.77. The zero-order valence-corrected chi connectivity index (χ0v) is 11.4. The molecular formula is C14H23F3O2. The van der Waals surface area contributed by atoms with Gasteiger partial charge in [-0.25, -0.2) is 13.2 Å². The number of hydrogen-bond acceptors (Lipinski definition) is 2. The lowest BCUT2D eigenvalue weighted by Crippen LogP contribution is -2.55. The van der Waals surface area contributed by atoms with Gasteiger partial charge < -0.3 is 9.84 Å². The van der Waals surface area contributed by atoms with Gasteiger partial charge in [-0.3, -0.25) is 0 Å². The molecule has 0 radical (unpaired) electrons. The topological polar surface area (TPSA) is 29.5 Å². The summed E-state index contributed by atoms with van der Waals surface area (Å²) in [7, 11) is 0. The molecule has 2 aliphatic carbocycles. The molecule has 0 heterocycles. The highest BCUT2D eigenvalue weighted by Gasteiger charge is 2.53. The Morgan fingerprint density at radius 3 is 2.42 bits per heavy atom. The molecule has 2 aliphatic rings. The SMILES string of the molecule is CCOC1CC2CCC(C(C)O)C(F)C2C(F)C1F. The lowest BCUT2D eigenvalue weighted by molar-refractivity contribution is -0.137. The Balaban J connectivity index is 2.12. The first-order valence-corrected chi connectivity index (χ1v) is 7.19. The number of alkyl halides is 3. The molecule has 1 N–H and O–H groups in total. The number of rotatable bonds is 3. The monoisotopic (exact) mass is 280 g/mol. The van der Waals surface area contributed by atoms with Crippen LogP contribution in [0.4, 0.5) is 13.2 Å².